The average molecular weight is 365 g/mol. The van der Waals surface area contributed by atoms with Gasteiger partial charge in [-0.05, 0) is 12.5 Å². The maximum Gasteiger partial charge on any atom is 0.348 e. The first-order chi connectivity index (χ1) is 11.9. The molecular weight excluding hydrogens is 344 g/mol. The smallest absolute Gasteiger partial charge is 0.348 e. The van der Waals surface area contributed by atoms with Gasteiger partial charge in [-0.1, -0.05) is 0 Å². The molecule has 25 heavy (non-hydrogen) atoms. The molecule has 0 aromatic carbocycles. The van der Waals surface area contributed by atoms with Gasteiger partial charge < -0.3 is 19.5 Å². The van der Waals surface area contributed by atoms with Crippen molar-refractivity contribution in [1.29, 1.82) is 0 Å². The van der Waals surface area contributed by atoms with Crippen molar-refractivity contribution >= 4 is 33.4 Å². The van der Waals surface area contributed by atoms with Crippen molar-refractivity contribution in [1.82, 2.24) is 14.9 Å². The van der Waals surface area contributed by atoms with E-state index < -0.39 is 5.97 Å². The number of aryl methyl sites for hydroxylation is 1. The van der Waals surface area contributed by atoms with Crippen LogP contribution >= 0.6 is 11.3 Å². The van der Waals surface area contributed by atoms with E-state index in [9.17, 15) is 14.4 Å². The minimum absolute atomic E-state index is 0.0939. The topological polar surface area (TPSA) is 96.8 Å². The highest BCUT2D eigenvalue weighted by Gasteiger charge is 2.24. The number of piperazine rings is 1. The van der Waals surface area contributed by atoms with Crippen LogP contribution in [0.5, 0.6) is 0 Å². The number of esters is 1. The van der Waals surface area contributed by atoms with Crippen LogP contribution in [0.2, 0.25) is 0 Å². The maximum absolute atomic E-state index is 12.4. The van der Waals surface area contributed by atoms with E-state index in [4.69, 9.17) is 4.74 Å². The van der Waals surface area contributed by atoms with E-state index >= 15 is 0 Å². The van der Waals surface area contributed by atoms with Gasteiger partial charge >= 0.3 is 5.97 Å². The highest BCUT2D eigenvalue weighted by Crippen LogP contribution is 2.27. The first-order valence-corrected chi connectivity index (χ1v) is 8.92. The molecule has 0 radical (unpaired) electrons. The molecule has 9 heteroatoms. The van der Waals surface area contributed by atoms with Crippen molar-refractivity contribution in [3.05, 3.63) is 26.6 Å². The Labute approximate surface area is 148 Å². The normalized spacial score (nSPS) is 15.6. The Morgan fingerprint density at radius 2 is 2.04 bits per heavy atom. The summed E-state index contributed by atoms with van der Waals surface area (Å²) in [5, 5.41) is 0.450. The van der Waals surface area contributed by atoms with Crippen LogP contribution in [0.25, 0.3) is 10.2 Å². The third-order valence-electron chi connectivity index (χ3n) is 4.55. The number of carbonyl (C=O) groups excluding carboxylic acids is 2. The van der Waals surface area contributed by atoms with Crippen LogP contribution in [0, 0.1) is 6.92 Å². The first-order valence-electron chi connectivity index (χ1n) is 8.10. The van der Waals surface area contributed by atoms with Crippen LogP contribution in [-0.2, 0) is 16.1 Å². The number of nitrogens with zero attached hydrogens (tertiary/aromatic N) is 2. The Morgan fingerprint density at radius 1 is 1.36 bits per heavy atom. The number of rotatable bonds is 3. The van der Waals surface area contributed by atoms with Crippen molar-refractivity contribution in [3.63, 3.8) is 0 Å². The molecule has 1 saturated heterocycles. The molecule has 2 aromatic rings. The van der Waals surface area contributed by atoms with Crippen molar-refractivity contribution in [3.8, 4) is 0 Å². The largest absolute Gasteiger partial charge is 0.465 e. The Kier molecular flexibility index (Phi) is 4.87. The van der Waals surface area contributed by atoms with Gasteiger partial charge in [0.2, 0.25) is 5.91 Å². The van der Waals surface area contributed by atoms with Crippen LogP contribution in [0.3, 0.4) is 0 Å². The molecule has 0 aliphatic carbocycles. The molecular formula is C16H21N4O4S+. The van der Waals surface area contributed by atoms with Crippen molar-refractivity contribution in [2.75, 3.05) is 33.3 Å². The molecule has 0 bridgehead atoms. The molecule has 1 fully saturated rings. The molecule has 3 heterocycles. The second kappa shape index (κ2) is 6.93. The van der Waals surface area contributed by atoms with Gasteiger partial charge in [-0.25, -0.2) is 9.78 Å². The lowest BCUT2D eigenvalue weighted by Crippen LogP contribution is -3.13. The molecule has 0 atom stereocenters. The van der Waals surface area contributed by atoms with Crippen LogP contribution < -0.4 is 10.5 Å². The fraction of sp³-hybridized carbons (Fsp3) is 0.500. The molecule has 3 rings (SSSR count). The Hall–Kier alpha value is -2.26. The Bertz CT molecular complexity index is 880. The highest BCUT2D eigenvalue weighted by atomic mass is 32.1. The molecule has 2 N–H and O–H groups in total. The average Bonchev–Trinajstić information content (AvgIpc) is 2.91. The number of aromatic amines is 1. The standard InChI is InChI=1S/C16H20N4O4S/c1-9-12-14(22)17-11(18-15(12)25-13(9)16(23)24-3)8-19-4-6-20(7-5-19)10(2)21/h4-8H2,1-3H3,(H,17,18,22)/p+1. The summed E-state index contributed by atoms with van der Waals surface area (Å²) in [6, 6.07) is 0. The number of carbonyl (C=O) groups is 2. The Balaban J connectivity index is 1.83. The summed E-state index contributed by atoms with van der Waals surface area (Å²) in [6.07, 6.45) is 0. The zero-order chi connectivity index (χ0) is 18.1. The lowest BCUT2D eigenvalue weighted by Gasteiger charge is -2.31. The van der Waals surface area contributed by atoms with Crippen molar-refractivity contribution < 1.29 is 19.2 Å². The van der Waals surface area contributed by atoms with E-state index in [1.54, 1.807) is 13.8 Å². The number of nitrogens with one attached hydrogen (secondary N) is 2. The van der Waals surface area contributed by atoms with E-state index in [0.717, 1.165) is 13.1 Å². The van der Waals surface area contributed by atoms with E-state index in [0.29, 0.717) is 46.1 Å². The molecule has 0 saturated carbocycles. The lowest BCUT2D eigenvalue weighted by atomic mass is 10.2. The summed E-state index contributed by atoms with van der Waals surface area (Å²) < 4.78 is 4.76. The number of thiophene rings is 1. The number of methoxy groups -OCH3 is 1. The van der Waals surface area contributed by atoms with Crippen LogP contribution in [0.4, 0.5) is 0 Å². The summed E-state index contributed by atoms with van der Waals surface area (Å²) in [5.41, 5.74) is 0.375. The first kappa shape index (κ1) is 17.6. The summed E-state index contributed by atoms with van der Waals surface area (Å²) in [7, 11) is 1.32. The zero-order valence-corrected chi connectivity index (χ0v) is 15.3. The fourth-order valence-electron chi connectivity index (χ4n) is 3.11. The van der Waals surface area contributed by atoms with Gasteiger partial charge in [0, 0.05) is 6.92 Å². The predicted octanol–water partition coefficient (Wildman–Crippen LogP) is -0.673. The van der Waals surface area contributed by atoms with E-state index in [1.807, 2.05) is 4.90 Å². The number of hydrogen-bond acceptors (Lipinski definition) is 6. The summed E-state index contributed by atoms with van der Waals surface area (Å²) in [4.78, 5) is 47.1. The number of amides is 1. The maximum atomic E-state index is 12.4. The molecule has 1 aliphatic heterocycles. The molecule has 1 amide bonds. The van der Waals surface area contributed by atoms with Gasteiger partial charge in [0.1, 0.15) is 16.3 Å². The molecule has 2 aromatic heterocycles. The quantitative estimate of drug-likeness (QED) is 0.703. The van der Waals surface area contributed by atoms with Crippen molar-refractivity contribution in [2.24, 2.45) is 0 Å². The van der Waals surface area contributed by atoms with E-state index in [2.05, 4.69) is 9.97 Å². The summed E-state index contributed by atoms with van der Waals surface area (Å²) in [6.45, 7) is 6.95. The van der Waals surface area contributed by atoms with Gasteiger partial charge in [0.05, 0.1) is 38.7 Å². The Morgan fingerprint density at radius 3 is 2.64 bits per heavy atom. The molecule has 1 aliphatic rings. The zero-order valence-electron chi connectivity index (χ0n) is 14.5. The summed E-state index contributed by atoms with van der Waals surface area (Å²) in [5.74, 6) is 0.241. The minimum atomic E-state index is -0.451. The van der Waals surface area contributed by atoms with Gasteiger partial charge in [0.15, 0.2) is 5.82 Å². The van der Waals surface area contributed by atoms with E-state index in [-0.39, 0.29) is 11.5 Å². The number of quaternary nitrogens is 1. The minimum Gasteiger partial charge on any atom is -0.465 e. The van der Waals surface area contributed by atoms with Gasteiger partial charge in [-0.2, -0.15) is 0 Å². The van der Waals surface area contributed by atoms with Gasteiger partial charge in [-0.15, -0.1) is 11.3 Å². The van der Waals surface area contributed by atoms with Crippen LogP contribution in [-0.4, -0.2) is 60.0 Å². The second-order valence-corrected chi connectivity index (χ2v) is 7.17. The number of H-pyrrole nitrogens is 1. The van der Waals surface area contributed by atoms with Gasteiger partial charge in [-0.3, -0.25) is 9.59 Å². The predicted molar refractivity (Wildman–Crippen MR) is 93.0 cm³/mol. The SMILES string of the molecule is COC(=O)c1sc2nc(C[NH+]3CCN(C(C)=O)CC3)[nH]c(=O)c2c1C. The lowest BCUT2D eigenvalue weighted by molar-refractivity contribution is -0.918. The highest BCUT2D eigenvalue weighted by molar-refractivity contribution is 7.20. The molecule has 134 valence electrons. The number of ether oxygens (including phenoxy) is 1. The van der Waals surface area contributed by atoms with Crippen molar-refractivity contribution in [2.45, 2.75) is 20.4 Å². The third kappa shape index (κ3) is 3.42. The van der Waals surface area contributed by atoms with Gasteiger partial charge in [0.25, 0.3) is 5.56 Å². The third-order valence-corrected chi connectivity index (χ3v) is 5.72. The molecule has 8 nitrogen and oxygen atoms in total. The number of fused-ring (bicyclic) bond motifs is 1. The number of hydrogen-bond donors (Lipinski definition) is 2. The molecule has 0 spiro atoms. The molecule has 0 unspecified atom stereocenters. The summed E-state index contributed by atoms with van der Waals surface area (Å²) >= 11 is 1.18. The van der Waals surface area contributed by atoms with E-state index in [1.165, 1.54) is 23.3 Å². The van der Waals surface area contributed by atoms with Crippen LogP contribution in [0.15, 0.2) is 4.79 Å². The van der Waals surface area contributed by atoms with Crippen LogP contribution in [0.1, 0.15) is 28.0 Å². The number of aromatic nitrogens is 2. The monoisotopic (exact) mass is 365 g/mol. The fourth-order valence-corrected chi connectivity index (χ4v) is 4.23. The second-order valence-electron chi connectivity index (χ2n) is 6.17.